The lowest BCUT2D eigenvalue weighted by atomic mass is 10.7. The summed E-state index contributed by atoms with van der Waals surface area (Å²) in [5, 5.41) is 0. The Balaban J connectivity index is 3.17. The van der Waals surface area contributed by atoms with Crippen LogP contribution in [-0.4, -0.2) is 19.9 Å². The summed E-state index contributed by atoms with van der Waals surface area (Å²) in [6.45, 7) is 1.89. The molecule has 0 aliphatic heterocycles. The topological polar surface area (TPSA) is 36.4 Å². The van der Waals surface area contributed by atoms with Crippen LogP contribution >= 0.6 is 0 Å². The van der Waals surface area contributed by atoms with E-state index in [2.05, 4.69) is 15.8 Å². The first-order valence-corrected chi connectivity index (χ1v) is 2.17. The van der Waals surface area contributed by atoms with E-state index in [1.165, 1.54) is 0 Å². The Morgan fingerprint density at radius 3 is 2.29 bits per heavy atom. The predicted molar refractivity (Wildman–Crippen MR) is 31.2 cm³/mol. The average molecular weight is 101 g/mol. The first kappa shape index (κ1) is 6.43. The van der Waals surface area contributed by atoms with Gasteiger partial charge >= 0.3 is 0 Å². The second-order valence-electron chi connectivity index (χ2n) is 1.18. The van der Waals surface area contributed by atoms with Crippen LogP contribution in [0.5, 0.6) is 0 Å². The van der Waals surface area contributed by atoms with E-state index in [-0.39, 0.29) is 0 Å². The summed E-state index contributed by atoms with van der Waals surface area (Å²) in [4.78, 5) is 3.82. The van der Waals surface area contributed by atoms with Crippen LogP contribution in [0.2, 0.25) is 0 Å². The van der Waals surface area contributed by atoms with Crippen molar-refractivity contribution in [3.05, 3.63) is 0 Å². The lowest BCUT2D eigenvalue weighted by molar-refractivity contribution is 0.763. The highest BCUT2D eigenvalue weighted by Crippen LogP contribution is 1.59. The molecule has 0 unspecified atom stereocenters. The molecule has 0 heterocycles. The summed E-state index contributed by atoms with van der Waals surface area (Å²) in [6, 6.07) is 0. The second-order valence-corrected chi connectivity index (χ2v) is 1.18. The van der Waals surface area contributed by atoms with Crippen LogP contribution in [0.15, 0.2) is 4.99 Å². The Bertz CT molecular complexity index is 67.3. The Morgan fingerprint density at radius 1 is 1.57 bits per heavy atom. The molecule has 0 spiro atoms. The van der Waals surface area contributed by atoms with Gasteiger partial charge in [0, 0.05) is 14.1 Å². The van der Waals surface area contributed by atoms with Gasteiger partial charge in [-0.1, -0.05) is 0 Å². The van der Waals surface area contributed by atoms with E-state index in [1.54, 1.807) is 14.1 Å². The van der Waals surface area contributed by atoms with Crippen LogP contribution in [0.4, 0.5) is 0 Å². The Labute approximate surface area is 43.8 Å². The maximum Gasteiger partial charge on any atom is 0.107 e. The standard InChI is InChI=1S/C4H11N3/c1-4(5-2)7-6-3/h6H,1-3H3,(H,5,7). The van der Waals surface area contributed by atoms with Crippen molar-refractivity contribution < 1.29 is 0 Å². The van der Waals surface area contributed by atoms with Crippen molar-refractivity contribution in [2.75, 3.05) is 14.1 Å². The molecule has 2 N–H and O–H groups in total. The number of nitrogens with zero attached hydrogens (tertiary/aromatic N) is 1. The summed E-state index contributed by atoms with van der Waals surface area (Å²) < 4.78 is 0. The Morgan fingerprint density at radius 2 is 2.14 bits per heavy atom. The van der Waals surface area contributed by atoms with Crippen molar-refractivity contribution in [2.45, 2.75) is 6.92 Å². The van der Waals surface area contributed by atoms with Crippen molar-refractivity contribution in [1.82, 2.24) is 10.9 Å². The third-order valence-corrected chi connectivity index (χ3v) is 0.641. The van der Waals surface area contributed by atoms with Crippen molar-refractivity contribution in [3.8, 4) is 0 Å². The van der Waals surface area contributed by atoms with Gasteiger partial charge in [-0.25, -0.2) is 5.43 Å². The van der Waals surface area contributed by atoms with Crippen molar-refractivity contribution in [2.24, 2.45) is 4.99 Å². The minimum atomic E-state index is 0.891. The number of hydrogen-bond acceptors (Lipinski definition) is 2. The van der Waals surface area contributed by atoms with Gasteiger partial charge in [0.1, 0.15) is 5.84 Å². The van der Waals surface area contributed by atoms with Crippen LogP contribution in [0, 0.1) is 0 Å². The molecule has 3 heteroatoms. The summed E-state index contributed by atoms with van der Waals surface area (Å²) >= 11 is 0. The van der Waals surface area contributed by atoms with E-state index in [4.69, 9.17) is 0 Å². The fraction of sp³-hybridized carbons (Fsp3) is 0.750. The van der Waals surface area contributed by atoms with E-state index in [9.17, 15) is 0 Å². The highest BCUT2D eigenvalue weighted by atomic mass is 15.4. The van der Waals surface area contributed by atoms with Crippen LogP contribution < -0.4 is 10.9 Å². The zero-order valence-electron chi connectivity index (χ0n) is 4.95. The molecule has 0 saturated heterocycles. The van der Waals surface area contributed by atoms with Crippen LogP contribution in [0.3, 0.4) is 0 Å². The molecular weight excluding hydrogens is 90.1 g/mol. The number of hydrogen-bond donors (Lipinski definition) is 2. The number of rotatable bonds is 1. The third-order valence-electron chi connectivity index (χ3n) is 0.641. The lowest BCUT2D eigenvalue weighted by Crippen LogP contribution is -2.31. The predicted octanol–water partition coefficient (Wildman–Crippen LogP) is -0.241. The number of hydrazine groups is 1. The molecule has 7 heavy (non-hydrogen) atoms. The highest BCUT2D eigenvalue weighted by molar-refractivity contribution is 5.78. The minimum absolute atomic E-state index is 0.891. The Hall–Kier alpha value is -0.570. The molecule has 0 atom stereocenters. The third kappa shape index (κ3) is 3.26. The monoisotopic (exact) mass is 101 g/mol. The van der Waals surface area contributed by atoms with Crippen LogP contribution in [-0.2, 0) is 0 Å². The van der Waals surface area contributed by atoms with Gasteiger partial charge in [0.15, 0.2) is 0 Å². The van der Waals surface area contributed by atoms with Gasteiger partial charge in [0.05, 0.1) is 0 Å². The molecule has 0 fully saturated rings. The molecule has 0 aliphatic rings. The van der Waals surface area contributed by atoms with E-state index < -0.39 is 0 Å². The molecule has 3 nitrogen and oxygen atoms in total. The zero-order valence-corrected chi connectivity index (χ0v) is 4.95. The summed E-state index contributed by atoms with van der Waals surface area (Å²) in [7, 11) is 3.54. The largest absolute Gasteiger partial charge is 0.310 e. The molecule has 0 aromatic carbocycles. The van der Waals surface area contributed by atoms with E-state index >= 15 is 0 Å². The quantitative estimate of drug-likeness (QED) is 0.272. The summed E-state index contributed by atoms with van der Waals surface area (Å²) in [5.41, 5.74) is 5.53. The maximum atomic E-state index is 3.82. The van der Waals surface area contributed by atoms with Crippen molar-refractivity contribution in [1.29, 1.82) is 0 Å². The zero-order chi connectivity index (χ0) is 5.70. The summed E-state index contributed by atoms with van der Waals surface area (Å²) in [6.07, 6.45) is 0. The van der Waals surface area contributed by atoms with E-state index in [0.29, 0.717) is 0 Å². The second kappa shape index (κ2) is 3.61. The van der Waals surface area contributed by atoms with Gasteiger partial charge in [-0.3, -0.25) is 4.99 Å². The molecule has 0 aromatic rings. The fourth-order valence-corrected chi connectivity index (χ4v) is 0.237. The molecule has 0 bridgehead atoms. The molecular formula is C4H11N3. The normalized spacial score (nSPS) is 11.6. The maximum absolute atomic E-state index is 3.82. The smallest absolute Gasteiger partial charge is 0.107 e. The molecule has 0 aliphatic carbocycles. The van der Waals surface area contributed by atoms with Gasteiger partial charge in [-0.2, -0.15) is 0 Å². The van der Waals surface area contributed by atoms with Crippen molar-refractivity contribution in [3.63, 3.8) is 0 Å². The molecule has 0 amide bonds. The first-order valence-electron chi connectivity index (χ1n) is 2.17. The molecule has 0 radical (unpaired) electrons. The van der Waals surface area contributed by atoms with Gasteiger partial charge in [0.25, 0.3) is 0 Å². The lowest BCUT2D eigenvalue weighted by Gasteiger charge is -1.98. The van der Waals surface area contributed by atoms with Gasteiger partial charge in [-0.15, -0.1) is 0 Å². The van der Waals surface area contributed by atoms with Crippen LogP contribution in [0.25, 0.3) is 0 Å². The molecule has 0 saturated carbocycles. The molecule has 0 rings (SSSR count). The molecule has 42 valence electrons. The number of amidine groups is 1. The number of aliphatic imine (C=N–C) groups is 1. The van der Waals surface area contributed by atoms with Crippen molar-refractivity contribution >= 4 is 5.84 Å². The van der Waals surface area contributed by atoms with E-state index in [0.717, 1.165) is 5.84 Å². The van der Waals surface area contributed by atoms with Gasteiger partial charge in [0.2, 0.25) is 0 Å². The summed E-state index contributed by atoms with van der Waals surface area (Å²) in [5.74, 6) is 0.891. The minimum Gasteiger partial charge on any atom is -0.310 e. The molecule has 0 aromatic heterocycles. The van der Waals surface area contributed by atoms with E-state index in [1.807, 2.05) is 6.92 Å². The van der Waals surface area contributed by atoms with Gasteiger partial charge in [-0.05, 0) is 6.92 Å². The Kier molecular flexibility index (Phi) is 3.32. The highest BCUT2D eigenvalue weighted by Gasteiger charge is 1.76. The van der Waals surface area contributed by atoms with Gasteiger partial charge < -0.3 is 5.43 Å². The first-order chi connectivity index (χ1) is 3.31. The average Bonchev–Trinajstić information content (AvgIpc) is 1.68. The number of nitrogens with one attached hydrogen (secondary N) is 2. The van der Waals surface area contributed by atoms with Crippen LogP contribution in [0.1, 0.15) is 6.92 Å². The SMILES string of the molecule is CN=C(C)NNC. The fourth-order valence-electron chi connectivity index (χ4n) is 0.237.